The largest absolute Gasteiger partial charge is 0.159 e. The predicted octanol–water partition coefficient (Wildman–Crippen LogP) is 5.73. The van der Waals surface area contributed by atoms with Gasteiger partial charge >= 0.3 is 0 Å². The predicted molar refractivity (Wildman–Crippen MR) is 105 cm³/mol. The summed E-state index contributed by atoms with van der Waals surface area (Å²) in [5.41, 5.74) is 4.96. The van der Waals surface area contributed by atoms with Gasteiger partial charge in [-0.15, -0.1) is 0 Å². The highest BCUT2D eigenvalue weighted by atomic mass is 15.2. The molecule has 0 spiro atoms. The van der Waals surface area contributed by atoms with Gasteiger partial charge in [0, 0.05) is 0 Å². The Morgan fingerprint density at radius 3 is 1.25 bits per heavy atom. The molecule has 2 aromatic rings. The van der Waals surface area contributed by atoms with E-state index in [9.17, 15) is 0 Å². The molecule has 0 aliphatic heterocycles. The molecule has 2 nitrogen and oxygen atoms in total. The second kappa shape index (κ2) is 7.12. The van der Waals surface area contributed by atoms with E-state index in [0.717, 1.165) is 11.1 Å². The third-order valence-corrected chi connectivity index (χ3v) is 4.00. The maximum absolute atomic E-state index is 4.28. The molecule has 0 unspecified atom stereocenters. The first-order chi connectivity index (χ1) is 11.2. The van der Waals surface area contributed by atoms with Gasteiger partial charge in [-0.1, -0.05) is 90.1 Å². The Morgan fingerprint density at radius 2 is 0.917 bits per heavy atom. The monoisotopic (exact) mass is 320 g/mol. The fourth-order valence-corrected chi connectivity index (χ4v) is 2.78. The van der Waals surface area contributed by atoms with Crippen LogP contribution in [0.2, 0.25) is 0 Å². The Labute approximate surface area is 146 Å². The average Bonchev–Trinajstić information content (AvgIpc) is 2.50. The summed E-state index contributed by atoms with van der Waals surface area (Å²) >= 11 is 0. The van der Waals surface area contributed by atoms with Crippen molar-refractivity contribution in [3.8, 4) is 0 Å². The molecular weight excluding hydrogens is 292 g/mol. The molecule has 0 N–H and O–H groups in total. The normalized spacial score (nSPS) is 13.1. The van der Waals surface area contributed by atoms with Crippen LogP contribution >= 0.6 is 0 Å². The standard InChI is InChI=1S/C22H28N2/c1-21(2,3)19-13-9-7-11-17(19)15-23-24-16-18-12-8-10-14-20(18)22(4,5)6/h7-16H,1-6H3/b23-15+,24-16+. The van der Waals surface area contributed by atoms with Crippen molar-refractivity contribution in [3.63, 3.8) is 0 Å². The van der Waals surface area contributed by atoms with Gasteiger partial charge in [0.25, 0.3) is 0 Å². The van der Waals surface area contributed by atoms with Crippen molar-refractivity contribution in [1.29, 1.82) is 0 Å². The van der Waals surface area contributed by atoms with Gasteiger partial charge in [-0.3, -0.25) is 0 Å². The summed E-state index contributed by atoms with van der Waals surface area (Å²) in [6.45, 7) is 13.3. The van der Waals surface area contributed by atoms with Gasteiger partial charge in [-0.05, 0) is 33.1 Å². The lowest BCUT2D eigenvalue weighted by atomic mass is 9.84. The Bertz CT molecular complexity index is 676. The van der Waals surface area contributed by atoms with Crippen LogP contribution in [-0.2, 0) is 10.8 Å². The minimum atomic E-state index is 0.0885. The van der Waals surface area contributed by atoms with Crippen LogP contribution in [-0.4, -0.2) is 12.4 Å². The van der Waals surface area contributed by atoms with Crippen molar-refractivity contribution in [2.75, 3.05) is 0 Å². The lowest BCUT2D eigenvalue weighted by Gasteiger charge is -2.21. The number of hydrogen-bond donors (Lipinski definition) is 0. The molecule has 0 heterocycles. The fraction of sp³-hybridized carbons (Fsp3) is 0.364. The van der Waals surface area contributed by atoms with Gasteiger partial charge < -0.3 is 0 Å². The van der Waals surface area contributed by atoms with Gasteiger partial charge in [0.15, 0.2) is 0 Å². The van der Waals surface area contributed by atoms with Crippen LogP contribution < -0.4 is 0 Å². The van der Waals surface area contributed by atoms with Crippen LogP contribution in [0.3, 0.4) is 0 Å². The summed E-state index contributed by atoms with van der Waals surface area (Å²) in [5.74, 6) is 0. The van der Waals surface area contributed by atoms with Gasteiger partial charge in [0.1, 0.15) is 0 Å². The van der Waals surface area contributed by atoms with E-state index in [1.165, 1.54) is 11.1 Å². The molecule has 0 bridgehead atoms. The van der Waals surface area contributed by atoms with Crippen molar-refractivity contribution >= 4 is 12.4 Å². The van der Waals surface area contributed by atoms with E-state index in [-0.39, 0.29) is 10.8 Å². The van der Waals surface area contributed by atoms with E-state index in [4.69, 9.17) is 0 Å². The van der Waals surface area contributed by atoms with Crippen LogP contribution in [0.1, 0.15) is 63.8 Å². The van der Waals surface area contributed by atoms with Crippen molar-refractivity contribution in [3.05, 3.63) is 70.8 Å². The Morgan fingerprint density at radius 1 is 0.583 bits per heavy atom. The Balaban J connectivity index is 2.24. The molecule has 0 atom stereocenters. The summed E-state index contributed by atoms with van der Waals surface area (Å²) in [6, 6.07) is 16.7. The van der Waals surface area contributed by atoms with Crippen LogP contribution in [0.4, 0.5) is 0 Å². The third kappa shape index (κ3) is 4.64. The van der Waals surface area contributed by atoms with E-state index >= 15 is 0 Å². The first-order valence-corrected chi connectivity index (χ1v) is 8.45. The summed E-state index contributed by atoms with van der Waals surface area (Å²) < 4.78 is 0. The summed E-state index contributed by atoms with van der Waals surface area (Å²) in [6.07, 6.45) is 3.69. The van der Waals surface area contributed by atoms with Crippen LogP contribution in [0, 0.1) is 0 Å². The molecule has 2 heteroatoms. The number of nitrogens with zero attached hydrogens (tertiary/aromatic N) is 2. The minimum absolute atomic E-state index is 0.0885. The Hall–Kier alpha value is -2.22. The zero-order valence-electron chi connectivity index (χ0n) is 15.7. The molecule has 0 aliphatic carbocycles. The quantitative estimate of drug-likeness (QED) is 0.509. The van der Waals surface area contributed by atoms with E-state index in [0.29, 0.717) is 0 Å². The fourth-order valence-electron chi connectivity index (χ4n) is 2.78. The molecule has 0 saturated carbocycles. The summed E-state index contributed by atoms with van der Waals surface area (Å²) in [7, 11) is 0. The summed E-state index contributed by atoms with van der Waals surface area (Å²) in [4.78, 5) is 0. The van der Waals surface area contributed by atoms with E-state index in [1.807, 2.05) is 24.6 Å². The Kier molecular flexibility index (Phi) is 5.38. The van der Waals surface area contributed by atoms with E-state index in [2.05, 4.69) is 88.1 Å². The van der Waals surface area contributed by atoms with E-state index < -0.39 is 0 Å². The maximum Gasteiger partial charge on any atom is 0.0571 e. The van der Waals surface area contributed by atoms with Crippen LogP contribution in [0.15, 0.2) is 58.7 Å². The second-order valence-electron chi connectivity index (χ2n) is 8.16. The number of hydrogen-bond acceptors (Lipinski definition) is 2. The molecule has 2 rings (SSSR count). The lowest BCUT2D eigenvalue weighted by Crippen LogP contribution is -2.14. The topological polar surface area (TPSA) is 24.7 Å². The number of benzene rings is 2. The molecule has 126 valence electrons. The van der Waals surface area contributed by atoms with Crippen LogP contribution in [0.5, 0.6) is 0 Å². The first kappa shape index (κ1) is 18.1. The minimum Gasteiger partial charge on any atom is -0.159 e. The van der Waals surface area contributed by atoms with Gasteiger partial charge in [-0.2, -0.15) is 10.2 Å². The first-order valence-electron chi connectivity index (χ1n) is 8.45. The molecular formula is C22H28N2. The van der Waals surface area contributed by atoms with Crippen LogP contribution in [0.25, 0.3) is 0 Å². The zero-order chi connectivity index (χ0) is 17.8. The summed E-state index contributed by atoms with van der Waals surface area (Å²) in [5, 5.41) is 8.56. The van der Waals surface area contributed by atoms with Gasteiger partial charge in [0.05, 0.1) is 12.4 Å². The highest BCUT2D eigenvalue weighted by Gasteiger charge is 2.17. The lowest BCUT2D eigenvalue weighted by molar-refractivity contribution is 0.589. The average molecular weight is 320 g/mol. The SMILES string of the molecule is CC(C)(C)c1ccccc1/C=N/N=C/c1ccccc1C(C)(C)C. The molecule has 24 heavy (non-hydrogen) atoms. The molecule has 0 aromatic heterocycles. The molecule has 0 fully saturated rings. The zero-order valence-corrected chi connectivity index (χ0v) is 15.7. The molecule has 0 amide bonds. The van der Waals surface area contributed by atoms with Gasteiger partial charge in [-0.25, -0.2) is 0 Å². The van der Waals surface area contributed by atoms with E-state index in [1.54, 1.807) is 0 Å². The van der Waals surface area contributed by atoms with Crippen molar-refractivity contribution in [2.45, 2.75) is 52.4 Å². The number of rotatable bonds is 3. The molecule has 0 saturated heterocycles. The highest BCUT2D eigenvalue weighted by molar-refractivity contribution is 5.85. The molecule has 2 aromatic carbocycles. The van der Waals surface area contributed by atoms with Crippen molar-refractivity contribution < 1.29 is 0 Å². The highest BCUT2D eigenvalue weighted by Crippen LogP contribution is 2.25. The third-order valence-electron chi connectivity index (χ3n) is 4.00. The molecule has 0 radical (unpaired) electrons. The maximum atomic E-state index is 4.28. The van der Waals surface area contributed by atoms with Gasteiger partial charge in [0.2, 0.25) is 0 Å². The van der Waals surface area contributed by atoms with Crippen molar-refractivity contribution in [1.82, 2.24) is 0 Å². The smallest absolute Gasteiger partial charge is 0.0571 e. The van der Waals surface area contributed by atoms with Crippen molar-refractivity contribution in [2.24, 2.45) is 10.2 Å². The molecule has 0 aliphatic rings. The second-order valence-corrected chi connectivity index (χ2v) is 8.16.